The second-order valence-electron chi connectivity index (χ2n) is 7.46. The van der Waals surface area contributed by atoms with Crippen LogP contribution in [-0.2, 0) is 4.74 Å². The van der Waals surface area contributed by atoms with Gasteiger partial charge in [0.2, 0.25) is 0 Å². The van der Waals surface area contributed by atoms with Crippen LogP contribution < -0.4 is 5.73 Å². The Morgan fingerprint density at radius 2 is 2.00 bits per heavy atom. The van der Waals surface area contributed by atoms with Gasteiger partial charge in [0.05, 0.1) is 13.2 Å². The molecule has 1 saturated heterocycles. The summed E-state index contributed by atoms with van der Waals surface area (Å²) in [6.07, 6.45) is 6.20. The van der Waals surface area contributed by atoms with Crippen LogP contribution in [-0.4, -0.2) is 42.8 Å². The normalized spacial score (nSPS) is 37.0. The molecule has 2 rings (SSSR count). The van der Waals surface area contributed by atoms with Crippen LogP contribution in [0.1, 0.15) is 59.8 Å². The van der Waals surface area contributed by atoms with E-state index in [1.807, 2.05) is 0 Å². The van der Waals surface area contributed by atoms with E-state index in [0.717, 1.165) is 25.7 Å². The molecule has 3 heteroatoms. The van der Waals surface area contributed by atoms with Crippen molar-refractivity contribution in [3.63, 3.8) is 0 Å². The highest BCUT2D eigenvalue weighted by molar-refractivity contribution is 4.95. The molecule has 1 saturated carbocycles. The highest BCUT2D eigenvalue weighted by Gasteiger charge is 2.40. The molecule has 118 valence electrons. The second-order valence-corrected chi connectivity index (χ2v) is 7.46. The van der Waals surface area contributed by atoms with Gasteiger partial charge in [-0.25, -0.2) is 0 Å². The molecule has 2 fully saturated rings. The van der Waals surface area contributed by atoms with Crippen LogP contribution in [0.3, 0.4) is 0 Å². The van der Waals surface area contributed by atoms with E-state index < -0.39 is 0 Å². The second kappa shape index (κ2) is 6.76. The minimum Gasteiger partial charge on any atom is -0.378 e. The quantitative estimate of drug-likeness (QED) is 0.861. The average Bonchev–Trinajstić information content (AvgIpc) is 2.47. The van der Waals surface area contributed by atoms with E-state index in [0.29, 0.717) is 23.5 Å². The zero-order valence-corrected chi connectivity index (χ0v) is 13.9. The number of nitrogens with two attached hydrogens (primary N) is 1. The van der Waals surface area contributed by atoms with Crippen molar-refractivity contribution in [1.82, 2.24) is 4.90 Å². The molecule has 1 aliphatic heterocycles. The fourth-order valence-corrected chi connectivity index (χ4v) is 4.01. The van der Waals surface area contributed by atoms with Crippen molar-refractivity contribution < 1.29 is 4.74 Å². The summed E-state index contributed by atoms with van der Waals surface area (Å²) in [7, 11) is 0. The largest absolute Gasteiger partial charge is 0.378 e. The maximum Gasteiger partial charge on any atom is 0.0622 e. The maximum atomic E-state index is 6.49. The molecular weight excluding hydrogens is 248 g/mol. The first kappa shape index (κ1) is 16.3. The molecule has 0 bridgehead atoms. The Balaban J connectivity index is 2.08. The fraction of sp³-hybridized carbons (Fsp3) is 1.00. The van der Waals surface area contributed by atoms with Gasteiger partial charge >= 0.3 is 0 Å². The summed E-state index contributed by atoms with van der Waals surface area (Å²) in [4.78, 5) is 2.67. The van der Waals surface area contributed by atoms with Crippen molar-refractivity contribution in [3.05, 3.63) is 0 Å². The Bertz CT molecular complexity index is 305. The molecule has 20 heavy (non-hydrogen) atoms. The summed E-state index contributed by atoms with van der Waals surface area (Å²) < 4.78 is 5.66. The summed E-state index contributed by atoms with van der Waals surface area (Å²) >= 11 is 0. The van der Waals surface area contributed by atoms with Crippen LogP contribution >= 0.6 is 0 Å². The van der Waals surface area contributed by atoms with Crippen LogP contribution in [0.4, 0.5) is 0 Å². The lowest BCUT2D eigenvalue weighted by Crippen LogP contribution is -2.59. The number of morpholine rings is 1. The molecule has 0 aromatic carbocycles. The molecule has 4 atom stereocenters. The smallest absolute Gasteiger partial charge is 0.0622 e. The number of ether oxygens (including phenoxy) is 1. The number of hydrogen-bond acceptors (Lipinski definition) is 3. The molecule has 1 heterocycles. The third-order valence-electron chi connectivity index (χ3n) is 6.06. The maximum absolute atomic E-state index is 6.49. The molecule has 2 N–H and O–H groups in total. The average molecular weight is 282 g/mol. The van der Waals surface area contributed by atoms with Crippen molar-refractivity contribution in [2.75, 3.05) is 19.8 Å². The van der Waals surface area contributed by atoms with Crippen molar-refractivity contribution in [1.29, 1.82) is 0 Å². The van der Waals surface area contributed by atoms with E-state index in [1.54, 1.807) is 0 Å². The van der Waals surface area contributed by atoms with Crippen molar-refractivity contribution in [2.45, 2.75) is 77.9 Å². The molecule has 0 amide bonds. The van der Waals surface area contributed by atoms with Crippen LogP contribution in [0.2, 0.25) is 0 Å². The predicted molar refractivity (Wildman–Crippen MR) is 84.8 cm³/mol. The Hall–Kier alpha value is -0.120. The Morgan fingerprint density at radius 3 is 2.65 bits per heavy atom. The Morgan fingerprint density at radius 1 is 1.25 bits per heavy atom. The third-order valence-corrected chi connectivity index (χ3v) is 6.06. The van der Waals surface area contributed by atoms with Gasteiger partial charge < -0.3 is 10.5 Å². The van der Waals surface area contributed by atoms with Gasteiger partial charge in [0.25, 0.3) is 0 Å². The van der Waals surface area contributed by atoms with Gasteiger partial charge in [-0.1, -0.05) is 34.1 Å². The van der Waals surface area contributed by atoms with Crippen LogP contribution in [0.15, 0.2) is 0 Å². The minimum atomic E-state index is 0.353. The summed E-state index contributed by atoms with van der Waals surface area (Å²) in [6, 6.07) is 1.49. The molecule has 1 aliphatic carbocycles. The van der Waals surface area contributed by atoms with E-state index in [-0.39, 0.29) is 0 Å². The van der Waals surface area contributed by atoms with E-state index in [1.165, 1.54) is 32.1 Å². The summed E-state index contributed by atoms with van der Waals surface area (Å²) in [5, 5.41) is 0. The first-order chi connectivity index (χ1) is 9.49. The van der Waals surface area contributed by atoms with E-state index in [2.05, 4.69) is 32.6 Å². The van der Waals surface area contributed by atoms with Crippen molar-refractivity contribution in [2.24, 2.45) is 17.1 Å². The van der Waals surface area contributed by atoms with Gasteiger partial charge in [0, 0.05) is 24.7 Å². The van der Waals surface area contributed by atoms with Gasteiger partial charge in [-0.05, 0) is 37.0 Å². The van der Waals surface area contributed by atoms with E-state index in [4.69, 9.17) is 10.5 Å². The topological polar surface area (TPSA) is 38.5 Å². The van der Waals surface area contributed by atoms with E-state index >= 15 is 0 Å². The molecule has 3 nitrogen and oxygen atoms in total. The summed E-state index contributed by atoms with van der Waals surface area (Å²) in [5.41, 5.74) is 6.94. The fourth-order valence-electron chi connectivity index (χ4n) is 4.01. The molecule has 4 unspecified atom stereocenters. The zero-order chi connectivity index (χ0) is 14.8. The minimum absolute atomic E-state index is 0.353. The molecule has 0 spiro atoms. The van der Waals surface area contributed by atoms with Gasteiger partial charge in [-0.15, -0.1) is 0 Å². The number of nitrogens with zero attached hydrogens (tertiary/aromatic N) is 1. The molecule has 2 aliphatic rings. The van der Waals surface area contributed by atoms with Crippen molar-refractivity contribution in [3.8, 4) is 0 Å². The lowest BCUT2D eigenvalue weighted by Gasteiger charge is -2.49. The molecule has 0 aromatic heterocycles. The van der Waals surface area contributed by atoms with Gasteiger partial charge in [0.15, 0.2) is 0 Å². The SMILES string of the molecule is CCC1COCCN1C1CC(C(C)(C)CC)CCC1N. The highest BCUT2D eigenvalue weighted by Crippen LogP contribution is 2.42. The van der Waals surface area contributed by atoms with Crippen molar-refractivity contribution >= 4 is 0 Å². The van der Waals surface area contributed by atoms with Gasteiger partial charge in [-0.2, -0.15) is 0 Å². The van der Waals surface area contributed by atoms with E-state index in [9.17, 15) is 0 Å². The standard InChI is InChI=1S/C17H34N2O/c1-5-14-12-20-10-9-19(14)16-11-13(7-8-15(16)18)17(3,4)6-2/h13-16H,5-12,18H2,1-4H3. The molecular formula is C17H34N2O. The molecule has 0 aromatic rings. The monoisotopic (exact) mass is 282 g/mol. The predicted octanol–water partition coefficient (Wildman–Crippen LogP) is 3.03. The lowest BCUT2D eigenvalue weighted by molar-refractivity contribution is -0.0533. The number of hydrogen-bond donors (Lipinski definition) is 1. The molecule has 0 radical (unpaired) electrons. The third kappa shape index (κ3) is 3.37. The zero-order valence-electron chi connectivity index (χ0n) is 13.9. The highest BCUT2D eigenvalue weighted by atomic mass is 16.5. The first-order valence-corrected chi connectivity index (χ1v) is 8.58. The Kier molecular flexibility index (Phi) is 5.49. The van der Waals surface area contributed by atoms with Gasteiger partial charge in [-0.3, -0.25) is 4.90 Å². The Labute approximate surface area is 125 Å². The number of rotatable bonds is 4. The lowest BCUT2D eigenvalue weighted by atomic mass is 9.67. The summed E-state index contributed by atoms with van der Waals surface area (Å²) in [6.45, 7) is 12.3. The van der Waals surface area contributed by atoms with Crippen LogP contribution in [0.5, 0.6) is 0 Å². The summed E-state index contributed by atoms with van der Waals surface area (Å²) in [5.74, 6) is 0.817. The van der Waals surface area contributed by atoms with Crippen LogP contribution in [0, 0.1) is 11.3 Å². The van der Waals surface area contributed by atoms with Gasteiger partial charge in [0.1, 0.15) is 0 Å². The van der Waals surface area contributed by atoms with Crippen LogP contribution in [0.25, 0.3) is 0 Å². The first-order valence-electron chi connectivity index (χ1n) is 8.58.